The smallest absolute Gasteiger partial charge is 0.103 e. The molecular weight excluding hydrogens is 178 g/mol. The molecule has 0 spiro atoms. The molecule has 2 N–H and O–H groups in total. The van der Waals surface area contributed by atoms with E-state index in [9.17, 15) is 0 Å². The van der Waals surface area contributed by atoms with Gasteiger partial charge >= 0.3 is 0 Å². The van der Waals surface area contributed by atoms with Gasteiger partial charge in [-0.2, -0.15) is 5.48 Å². The molecule has 14 heavy (non-hydrogen) atoms. The third-order valence-corrected chi connectivity index (χ3v) is 2.57. The topological polar surface area (TPSA) is 49.9 Å². The Hall–Kier alpha value is -0.870. The normalized spacial score (nSPS) is 17.8. The Morgan fingerprint density at radius 2 is 2.36 bits per heavy atom. The highest BCUT2D eigenvalue weighted by atomic mass is 16.7. The van der Waals surface area contributed by atoms with Crippen molar-refractivity contribution in [3.8, 4) is 0 Å². The van der Waals surface area contributed by atoms with Crippen molar-refractivity contribution in [2.45, 2.75) is 45.3 Å². The fourth-order valence-electron chi connectivity index (χ4n) is 1.80. The molecule has 78 valence electrons. The molecule has 0 aliphatic heterocycles. The van der Waals surface area contributed by atoms with Gasteiger partial charge in [0.1, 0.15) is 5.82 Å². The molecule has 1 aliphatic rings. The zero-order valence-electron chi connectivity index (χ0n) is 8.55. The molecule has 0 unspecified atom stereocenters. The Morgan fingerprint density at radius 3 is 3.00 bits per heavy atom. The van der Waals surface area contributed by atoms with Crippen LogP contribution in [0.3, 0.4) is 0 Å². The minimum absolute atomic E-state index is 0.416. The molecule has 0 atom stereocenters. The number of aromatic amines is 1. The van der Waals surface area contributed by atoms with Crippen LogP contribution in [0, 0.1) is 6.92 Å². The maximum Gasteiger partial charge on any atom is 0.103 e. The summed E-state index contributed by atoms with van der Waals surface area (Å²) in [6, 6.07) is 0. The molecule has 0 saturated heterocycles. The molecule has 0 aromatic carbocycles. The molecule has 1 fully saturated rings. The molecule has 1 aromatic rings. The lowest BCUT2D eigenvalue weighted by Gasteiger charge is -2.10. The first kappa shape index (κ1) is 9.68. The van der Waals surface area contributed by atoms with E-state index >= 15 is 0 Å². The second-order valence-corrected chi connectivity index (χ2v) is 3.84. The molecule has 0 amide bonds. The van der Waals surface area contributed by atoms with E-state index in [4.69, 9.17) is 4.84 Å². The van der Waals surface area contributed by atoms with Gasteiger partial charge in [-0.15, -0.1) is 0 Å². The number of nitrogens with zero attached hydrogens (tertiary/aromatic N) is 1. The molecule has 1 aromatic heterocycles. The lowest BCUT2D eigenvalue weighted by molar-refractivity contribution is -0.0248. The van der Waals surface area contributed by atoms with Crippen LogP contribution >= 0.6 is 0 Å². The van der Waals surface area contributed by atoms with E-state index in [-0.39, 0.29) is 0 Å². The Balaban J connectivity index is 1.67. The van der Waals surface area contributed by atoms with E-state index in [0.717, 1.165) is 11.5 Å². The predicted octanol–water partition coefficient (Wildman–Crippen LogP) is 1.68. The Labute approximate surface area is 84.0 Å². The minimum atomic E-state index is 0.416. The Kier molecular flexibility index (Phi) is 3.16. The van der Waals surface area contributed by atoms with Gasteiger partial charge in [0.25, 0.3) is 0 Å². The third-order valence-electron chi connectivity index (χ3n) is 2.57. The fourth-order valence-corrected chi connectivity index (χ4v) is 1.80. The van der Waals surface area contributed by atoms with Crippen molar-refractivity contribution in [2.24, 2.45) is 0 Å². The van der Waals surface area contributed by atoms with Gasteiger partial charge in [-0.05, 0) is 19.8 Å². The van der Waals surface area contributed by atoms with Gasteiger partial charge in [-0.1, -0.05) is 12.8 Å². The summed E-state index contributed by atoms with van der Waals surface area (Å²) in [6.07, 6.45) is 7.23. The van der Waals surface area contributed by atoms with Crippen molar-refractivity contribution in [2.75, 3.05) is 0 Å². The van der Waals surface area contributed by atoms with Crippen molar-refractivity contribution in [3.05, 3.63) is 17.7 Å². The first-order chi connectivity index (χ1) is 6.84. The number of nitrogens with one attached hydrogen (secondary N) is 2. The number of hydrogen-bond donors (Lipinski definition) is 2. The van der Waals surface area contributed by atoms with Crippen molar-refractivity contribution in [1.29, 1.82) is 0 Å². The van der Waals surface area contributed by atoms with Gasteiger partial charge < -0.3 is 4.98 Å². The van der Waals surface area contributed by atoms with Gasteiger partial charge in [0.2, 0.25) is 0 Å². The molecule has 1 aliphatic carbocycles. The summed E-state index contributed by atoms with van der Waals surface area (Å²) in [5, 5.41) is 0. The standard InChI is InChI=1S/C10H17N3O/c1-8-11-6-9(13-8)7-12-14-10-4-2-3-5-10/h6,10,12H,2-5,7H2,1H3,(H,11,13). The molecular formula is C10H17N3O. The number of hydroxylamine groups is 1. The van der Waals surface area contributed by atoms with Crippen LogP contribution < -0.4 is 5.48 Å². The van der Waals surface area contributed by atoms with Crippen LogP contribution in [-0.4, -0.2) is 16.1 Å². The lowest BCUT2D eigenvalue weighted by atomic mass is 10.3. The lowest BCUT2D eigenvalue weighted by Crippen LogP contribution is -2.21. The summed E-state index contributed by atoms with van der Waals surface area (Å²) in [6.45, 7) is 2.65. The maximum atomic E-state index is 5.52. The number of aromatic nitrogens is 2. The van der Waals surface area contributed by atoms with E-state index in [1.807, 2.05) is 13.1 Å². The average Bonchev–Trinajstić information content (AvgIpc) is 2.77. The number of hydrogen-bond acceptors (Lipinski definition) is 3. The first-order valence-corrected chi connectivity index (χ1v) is 5.23. The van der Waals surface area contributed by atoms with Crippen LogP contribution in [0.4, 0.5) is 0 Å². The molecule has 0 bridgehead atoms. The van der Waals surface area contributed by atoms with E-state index in [1.165, 1.54) is 25.7 Å². The molecule has 0 radical (unpaired) electrons. The molecule has 1 saturated carbocycles. The highest BCUT2D eigenvalue weighted by Gasteiger charge is 2.15. The van der Waals surface area contributed by atoms with Crippen LogP contribution in [0.2, 0.25) is 0 Å². The van der Waals surface area contributed by atoms with Crippen LogP contribution in [-0.2, 0) is 11.4 Å². The summed E-state index contributed by atoms with van der Waals surface area (Å²) in [5.41, 5.74) is 4.06. The highest BCUT2D eigenvalue weighted by Crippen LogP contribution is 2.19. The number of aryl methyl sites for hydroxylation is 1. The zero-order chi connectivity index (χ0) is 9.80. The molecule has 4 nitrogen and oxygen atoms in total. The predicted molar refractivity (Wildman–Crippen MR) is 53.5 cm³/mol. The van der Waals surface area contributed by atoms with E-state index < -0.39 is 0 Å². The third kappa shape index (κ3) is 2.56. The van der Waals surface area contributed by atoms with Gasteiger partial charge in [-0.3, -0.25) is 4.84 Å². The Morgan fingerprint density at radius 1 is 1.57 bits per heavy atom. The summed E-state index contributed by atoms with van der Waals surface area (Å²) in [5.74, 6) is 0.947. The summed E-state index contributed by atoms with van der Waals surface area (Å²) >= 11 is 0. The largest absolute Gasteiger partial charge is 0.345 e. The van der Waals surface area contributed by atoms with Crippen molar-refractivity contribution in [3.63, 3.8) is 0 Å². The summed E-state index contributed by atoms with van der Waals surface area (Å²) < 4.78 is 0. The van der Waals surface area contributed by atoms with Crippen LogP contribution in [0.1, 0.15) is 37.2 Å². The molecule has 4 heteroatoms. The number of rotatable bonds is 4. The van der Waals surface area contributed by atoms with E-state index in [1.54, 1.807) is 0 Å². The van der Waals surface area contributed by atoms with Gasteiger partial charge in [0.15, 0.2) is 0 Å². The highest BCUT2D eigenvalue weighted by molar-refractivity contribution is 4.98. The van der Waals surface area contributed by atoms with Crippen molar-refractivity contribution in [1.82, 2.24) is 15.4 Å². The van der Waals surface area contributed by atoms with Gasteiger partial charge in [-0.25, -0.2) is 4.98 Å². The minimum Gasteiger partial charge on any atom is -0.345 e. The SMILES string of the molecule is Cc1ncc(CNOC2CCCC2)[nH]1. The monoisotopic (exact) mass is 195 g/mol. The van der Waals surface area contributed by atoms with Crippen LogP contribution in [0.5, 0.6) is 0 Å². The van der Waals surface area contributed by atoms with Crippen LogP contribution in [0.15, 0.2) is 6.20 Å². The fraction of sp³-hybridized carbons (Fsp3) is 0.700. The van der Waals surface area contributed by atoms with Gasteiger partial charge in [0.05, 0.1) is 18.3 Å². The molecule has 1 heterocycles. The second kappa shape index (κ2) is 4.57. The van der Waals surface area contributed by atoms with Crippen LogP contribution in [0.25, 0.3) is 0 Å². The second-order valence-electron chi connectivity index (χ2n) is 3.84. The number of imidazole rings is 1. The first-order valence-electron chi connectivity index (χ1n) is 5.23. The molecule has 2 rings (SSSR count). The summed E-state index contributed by atoms with van der Waals surface area (Å²) in [7, 11) is 0. The van der Waals surface area contributed by atoms with Gasteiger partial charge in [0, 0.05) is 6.20 Å². The van der Waals surface area contributed by atoms with E-state index in [0.29, 0.717) is 12.6 Å². The van der Waals surface area contributed by atoms with E-state index in [2.05, 4.69) is 15.4 Å². The van der Waals surface area contributed by atoms with Crippen molar-refractivity contribution >= 4 is 0 Å². The maximum absolute atomic E-state index is 5.52. The van der Waals surface area contributed by atoms with Crippen molar-refractivity contribution < 1.29 is 4.84 Å². The Bertz CT molecular complexity index is 279. The number of H-pyrrole nitrogens is 1. The zero-order valence-corrected chi connectivity index (χ0v) is 8.55. The quantitative estimate of drug-likeness (QED) is 0.719. The average molecular weight is 195 g/mol. The summed E-state index contributed by atoms with van der Waals surface area (Å²) in [4.78, 5) is 12.8.